The van der Waals surface area contributed by atoms with E-state index in [1.54, 1.807) is 0 Å². The summed E-state index contributed by atoms with van der Waals surface area (Å²) in [5.74, 6) is 0.337. The van der Waals surface area contributed by atoms with Crippen LogP contribution in [0.4, 0.5) is 0 Å². The first-order valence-electron chi connectivity index (χ1n) is 4.54. The highest BCUT2D eigenvalue weighted by Crippen LogP contribution is 2.37. The molecule has 1 rings (SSSR count). The molecule has 0 bridgehead atoms. The van der Waals surface area contributed by atoms with Crippen LogP contribution in [-0.2, 0) is 4.79 Å². The van der Waals surface area contributed by atoms with Gasteiger partial charge in [-0.15, -0.1) is 0 Å². The maximum atomic E-state index is 10.4. The number of carboxylic acids is 1. The Kier molecular flexibility index (Phi) is 3.09. The van der Waals surface area contributed by atoms with Gasteiger partial charge in [-0.3, -0.25) is 4.79 Å². The molecule has 0 aromatic rings. The molecule has 1 aliphatic rings. The van der Waals surface area contributed by atoms with Crippen LogP contribution in [-0.4, -0.2) is 24.2 Å². The molecule has 12 heavy (non-hydrogen) atoms. The van der Waals surface area contributed by atoms with Gasteiger partial charge in [0, 0.05) is 0 Å². The van der Waals surface area contributed by atoms with Gasteiger partial charge in [0.2, 0.25) is 0 Å². The molecule has 2 atom stereocenters. The summed E-state index contributed by atoms with van der Waals surface area (Å²) in [4.78, 5) is 10.4. The van der Waals surface area contributed by atoms with E-state index < -0.39 is 5.97 Å². The van der Waals surface area contributed by atoms with Crippen molar-refractivity contribution in [2.45, 2.75) is 20.3 Å². The number of hydrogen-bond acceptors (Lipinski definition) is 2. The highest BCUT2D eigenvalue weighted by atomic mass is 16.4. The summed E-state index contributed by atoms with van der Waals surface area (Å²) in [6.07, 6.45) is 0.862. The van der Waals surface area contributed by atoms with Crippen molar-refractivity contribution in [1.29, 1.82) is 0 Å². The number of carboxylic acid groups (broad SMARTS) is 1. The third kappa shape index (κ3) is 2.81. The normalized spacial score (nSPS) is 27.6. The fraction of sp³-hybridized carbons (Fsp3) is 0.889. The molecule has 0 aromatic heterocycles. The lowest BCUT2D eigenvalue weighted by Crippen LogP contribution is -2.23. The molecule has 0 heterocycles. The van der Waals surface area contributed by atoms with Crippen LogP contribution in [0.3, 0.4) is 0 Å². The molecule has 0 saturated heterocycles. The number of carbonyl (C=O) groups is 1. The first kappa shape index (κ1) is 9.52. The lowest BCUT2D eigenvalue weighted by atomic mass is 10.2. The number of aliphatic carboxylic acids is 1. The van der Waals surface area contributed by atoms with Crippen LogP contribution in [0.1, 0.15) is 20.3 Å². The summed E-state index contributed by atoms with van der Waals surface area (Å²) in [5, 5.41) is 11.9. The van der Waals surface area contributed by atoms with Gasteiger partial charge in [-0.1, -0.05) is 13.8 Å². The molecular formula is C9H17NO2. The summed E-state index contributed by atoms with van der Waals surface area (Å²) < 4.78 is 0. The summed E-state index contributed by atoms with van der Waals surface area (Å²) in [7, 11) is 0. The molecule has 1 aliphatic carbocycles. The molecule has 2 N–H and O–H groups in total. The van der Waals surface area contributed by atoms with Crippen LogP contribution in [0, 0.1) is 17.8 Å². The van der Waals surface area contributed by atoms with E-state index in [2.05, 4.69) is 19.2 Å². The van der Waals surface area contributed by atoms with Crippen LogP contribution in [0.2, 0.25) is 0 Å². The molecular weight excluding hydrogens is 154 g/mol. The number of hydrogen-bond donors (Lipinski definition) is 2. The third-order valence-corrected chi connectivity index (χ3v) is 2.20. The second kappa shape index (κ2) is 3.90. The maximum absolute atomic E-state index is 10.4. The van der Waals surface area contributed by atoms with Crippen molar-refractivity contribution in [3.05, 3.63) is 0 Å². The molecule has 1 fully saturated rings. The van der Waals surface area contributed by atoms with E-state index in [0.29, 0.717) is 11.8 Å². The van der Waals surface area contributed by atoms with Gasteiger partial charge in [0.05, 0.1) is 5.92 Å². The van der Waals surface area contributed by atoms with Crippen molar-refractivity contribution >= 4 is 5.97 Å². The first-order chi connectivity index (χ1) is 5.61. The SMILES string of the molecule is CC(C)CNCC1CC1C(=O)O. The molecule has 0 radical (unpaired) electrons. The van der Waals surface area contributed by atoms with Crippen LogP contribution in [0.15, 0.2) is 0 Å². The maximum Gasteiger partial charge on any atom is 0.306 e. The number of rotatable bonds is 5. The summed E-state index contributed by atoms with van der Waals surface area (Å²) in [5.41, 5.74) is 0. The monoisotopic (exact) mass is 171 g/mol. The summed E-state index contributed by atoms with van der Waals surface area (Å²) in [6.45, 7) is 6.15. The van der Waals surface area contributed by atoms with Gasteiger partial charge in [0.1, 0.15) is 0 Å². The van der Waals surface area contributed by atoms with Gasteiger partial charge >= 0.3 is 5.97 Å². The minimum Gasteiger partial charge on any atom is -0.481 e. The smallest absolute Gasteiger partial charge is 0.306 e. The zero-order valence-corrected chi connectivity index (χ0v) is 7.71. The Morgan fingerprint density at radius 1 is 1.67 bits per heavy atom. The van der Waals surface area contributed by atoms with E-state index in [-0.39, 0.29) is 5.92 Å². The van der Waals surface area contributed by atoms with E-state index >= 15 is 0 Å². The van der Waals surface area contributed by atoms with E-state index in [1.165, 1.54) is 0 Å². The van der Waals surface area contributed by atoms with Crippen molar-refractivity contribution in [3.8, 4) is 0 Å². The molecule has 0 aromatic carbocycles. The van der Waals surface area contributed by atoms with Gasteiger partial charge in [-0.05, 0) is 31.3 Å². The van der Waals surface area contributed by atoms with Gasteiger partial charge in [0.15, 0.2) is 0 Å². The Bertz CT molecular complexity index is 168. The van der Waals surface area contributed by atoms with Crippen LogP contribution in [0.5, 0.6) is 0 Å². The molecule has 0 aliphatic heterocycles. The molecule has 0 spiro atoms. The van der Waals surface area contributed by atoms with Gasteiger partial charge in [0.25, 0.3) is 0 Å². The summed E-state index contributed by atoms with van der Waals surface area (Å²) in [6, 6.07) is 0. The molecule has 3 heteroatoms. The Labute approximate surface area is 73.2 Å². The average Bonchev–Trinajstić information content (AvgIpc) is 2.66. The van der Waals surface area contributed by atoms with Gasteiger partial charge in [-0.2, -0.15) is 0 Å². The highest BCUT2D eigenvalue weighted by Gasteiger charge is 2.42. The Hall–Kier alpha value is -0.570. The van der Waals surface area contributed by atoms with Crippen molar-refractivity contribution in [3.63, 3.8) is 0 Å². The van der Waals surface area contributed by atoms with Gasteiger partial charge in [-0.25, -0.2) is 0 Å². The fourth-order valence-corrected chi connectivity index (χ4v) is 1.33. The molecule has 2 unspecified atom stereocenters. The standard InChI is InChI=1S/C9H17NO2/c1-6(2)4-10-5-7-3-8(7)9(11)12/h6-8,10H,3-5H2,1-2H3,(H,11,12). The second-order valence-electron chi connectivity index (χ2n) is 3.99. The van der Waals surface area contributed by atoms with E-state index in [1.807, 2.05) is 0 Å². The lowest BCUT2D eigenvalue weighted by Gasteiger charge is -2.05. The molecule has 70 valence electrons. The molecule has 1 saturated carbocycles. The van der Waals surface area contributed by atoms with Crippen LogP contribution in [0.25, 0.3) is 0 Å². The highest BCUT2D eigenvalue weighted by molar-refractivity contribution is 5.73. The second-order valence-corrected chi connectivity index (χ2v) is 3.99. The van der Waals surface area contributed by atoms with Crippen molar-refractivity contribution < 1.29 is 9.90 Å². The Morgan fingerprint density at radius 2 is 2.33 bits per heavy atom. The van der Waals surface area contributed by atoms with E-state index in [0.717, 1.165) is 19.5 Å². The third-order valence-electron chi connectivity index (χ3n) is 2.20. The fourth-order valence-electron chi connectivity index (χ4n) is 1.33. The van der Waals surface area contributed by atoms with Crippen LogP contribution < -0.4 is 5.32 Å². The first-order valence-corrected chi connectivity index (χ1v) is 4.54. The van der Waals surface area contributed by atoms with E-state index in [9.17, 15) is 4.79 Å². The zero-order chi connectivity index (χ0) is 9.14. The van der Waals surface area contributed by atoms with Crippen molar-refractivity contribution in [2.75, 3.05) is 13.1 Å². The average molecular weight is 171 g/mol. The topological polar surface area (TPSA) is 49.3 Å². The largest absolute Gasteiger partial charge is 0.481 e. The molecule has 3 nitrogen and oxygen atoms in total. The van der Waals surface area contributed by atoms with Crippen molar-refractivity contribution in [1.82, 2.24) is 5.32 Å². The minimum absolute atomic E-state index is 0.0651. The quantitative estimate of drug-likeness (QED) is 0.647. The number of nitrogens with one attached hydrogen (secondary N) is 1. The molecule has 0 amide bonds. The predicted molar refractivity (Wildman–Crippen MR) is 46.9 cm³/mol. The van der Waals surface area contributed by atoms with Gasteiger partial charge < -0.3 is 10.4 Å². The summed E-state index contributed by atoms with van der Waals surface area (Å²) >= 11 is 0. The predicted octanol–water partition coefficient (Wildman–Crippen LogP) is 0.953. The minimum atomic E-state index is -0.633. The van der Waals surface area contributed by atoms with Crippen LogP contribution >= 0.6 is 0 Å². The van der Waals surface area contributed by atoms with Crippen molar-refractivity contribution in [2.24, 2.45) is 17.8 Å². The Balaban J connectivity index is 2.01. The van der Waals surface area contributed by atoms with E-state index in [4.69, 9.17) is 5.11 Å². The lowest BCUT2D eigenvalue weighted by molar-refractivity contribution is -0.138. The Morgan fingerprint density at radius 3 is 2.75 bits per heavy atom. The zero-order valence-electron chi connectivity index (χ0n) is 7.71.